The van der Waals surface area contributed by atoms with Gasteiger partial charge in [0.25, 0.3) is 0 Å². The summed E-state index contributed by atoms with van der Waals surface area (Å²) >= 11 is 0. The fourth-order valence-corrected chi connectivity index (χ4v) is 2.85. The molecule has 0 saturated carbocycles. The average Bonchev–Trinajstić information content (AvgIpc) is 2.74. The number of hydrogen-bond donors (Lipinski definition) is 1. The quantitative estimate of drug-likeness (QED) is 0.655. The molecule has 31 heavy (non-hydrogen) atoms. The topological polar surface area (TPSA) is 84.9 Å². The van der Waals surface area contributed by atoms with Crippen molar-refractivity contribution in [1.82, 2.24) is 10.2 Å². The maximum Gasteiger partial charge on any atom is 0.410 e. The molecule has 0 spiro atoms. The van der Waals surface area contributed by atoms with Crippen LogP contribution >= 0.6 is 0 Å². The SMILES string of the molecule is CN(C(=O)OCc1ccccc1)[C@@H](Cc1ccccc1)C(=O)NCC(=O)OC(C)(C)C. The molecule has 0 aliphatic heterocycles. The zero-order valence-electron chi connectivity index (χ0n) is 18.5. The standard InChI is InChI=1S/C24H30N2O5/c1-24(2,3)31-21(27)16-25-22(28)20(15-18-11-7-5-8-12-18)26(4)23(29)30-17-19-13-9-6-10-14-19/h5-14,20H,15-17H2,1-4H3,(H,25,28)/t20-/m0/s1. The predicted octanol–water partition coefficient (Wildman–Crippen LogP) is 3.32. The van der Waals surface area contributed by atoms with Crippen molar-refractivity contribution in [2.75, 3.05) is 13.6 Å². The maximum atomic E-state index is 12.9. The molecule has 0 aliphatic carbocycles. The summed E-state index contributed by atoms with van der Waals surface area (Å²) in [5, 5.41) is 2.57. The number of ether oxygens (including phenoxy) is 2. The first kappa shape index (κ1) is 23.9. The summed E-state index contributed by atoms with van der Waals surface area (Å²) in [6, 6.07) is 17.8. The lowest BCUT2D eigenvalue weighted by Gasteiger charge is -2.27. The summed E-state index contributed by atoms with van der Waals surface area (Å²) in [4.78, 5) is 38.7. The van der Waals surface area contributed by atoms with Crippen molar-refractivity contribution < 1.29 is 23.9 Å². The van der Waals surface area contributed by atoms with Crippen LogP contribution in [0.3, 0.4) is 0 Å². The smallest absolute Gasteiger partial charge is 0.410 e. The lowest BCUT2D eigenvalue weighted by atomic mass is 10.0. The largest absolute Gasteiger partial charge is 0.459 e. The lowest BCUT2D eigenvalue weighted by molar-refractivity contribution is -0.154. The summed E-state index contributed by atoms with van der Waals surface area (Å²) < 4.78 is 10.6. The molecular weight excluding hydrogens is 396 g/mol. The highest BCUT2D eigenvalue weighted by Gasteiger charge is 2.29. The highest BCUT2D eigenvalue weighted by Crippen LogP contribution is 2.12. The van der Waals surface area contributed by atoms with Gasteiger partial charge in [-0.25, -0.2) is 4.79 Å². The number of carbonyl (C=O) groups excluding carboxylic acids is 3. The van der Waals surface area contributed by atoms with E-state index in [9.17, 15) is 14.4 Å². The van der Waals surface area contributed by atoms with Crippen LogP contribution in [0.1, 0.15) is 31.9 Å². The normalized spacial score (nSPS) is 11.9. The third kappa shape index (κ3) is 8.50. The molecule has 0 fully saturated rings. The van der Waals surface area contributed by atoms with Gasteiger partial charge >= 0.3 is 12.1 Å². The van der Waals surface area contributed by atoms with Gasteiger partial charge in [0.15, 0.2) is 0 Å². The lowest BCUT2D eigenvalue weighted by Crippen LogP contribution is -2.50. The van der Waals surface area contributed by atoms with Gasteiger partial charge in [0.05, 0.1) is 0 Å². The first-order valence-electron chi connectivity index (χ1n) is 10.1. The number of likely N-dealkylation sites (N-methyl/N-ethyl adjacent to an activating group) is 1. The fraction of sp³-hybridized carbons (Fsp3) is 0.375. The van der Waals surface area contributed by atoms with E-state index in [-0.39, 0.29) is 19.6 Å². The zero-order chi connectivity index (χ0) is 22.9. The van der Waals surface area contributed by atoms with Crippen LogP contribution in [0.25, 0.3) is 0 Å². The van der Waals surface area contributed by atoms with E-state index in [4.69, 9.17) is 9.47 Å². The summed E-state index contributed by atoms with van der Waals surface area (Å²) in [5.74, 6) is -1.01. The van der Waals surface area contributed by atoms with Gasteiger partial charge in [0, 0.05) is 13.5 Å². The molecule has 2 amide bonds. The Morgan fingerprint density at radius 2 is 1.48 bits per heavy atom. The second kappa shape index (κ2) is 11.2. The molecule has 7 heteroatoms. The van der Waals surface area contributed by atoms with E-state index >= 15 is 0 Å². The number of carbonyl (C=O) groups is 3. The Labute approximate surface area is 183 Å². The van der Waals surface area contributed by atoms with Crippen LogP contribution in [0, 0.1) is 0 Å². The van der Waals surface area contributed by atoms with Gasteiger partial charge in [-0.15, -0.1) is 0 Å². The van der Waals surface area contributed by atoms with Gasteiger partial charge in [-0.05, 0) is 31.9 Å². The number of esters is 1. The van der Waals surface area contributed by atoms with Crippen molar-refractivity contribution in [1.29, 1.82) is 0 Å². The average molecular weight is 427 g/mol. The van der Waals surface area contributed by atoms with Crippen LogP contribution in [0.5, 0.6) is 0 Å². The van der Waals surface area contributed by atoms with Crippen LogP contribution < -0.4 is 5.32 Å². The van der Waals surface area contributed by atoms with E-state index in [0.29, 0.717) is 0 Å². The molecule has 0 saturated heterocycles. The van der Waals surface area contributed by atoms with Gasteiger partial charge in [0.1, 0.15) is 24.8 Å². The number of benzene rings is 2. The van der Waals surface area contributed by atoms with Crippen molar-refractivity contribution >= 4 is 18.0 Å². The number of hydrogen-bond acceptors (Lipinski definition) is 5. The summed E-state index contributed by atoms with van der Waals surface area (Å²) in [7, 11) is 1.51. The van der Waals surface area contributed by atoms with Crippen LogP contribution in [0.15, 0.2) is 60.7 Å². The Morgan fingerprint density at radius 3 is 2.03 bits per heavy atom. The molecule has 2 aromatic rings. The van der Waals surface area contributed by atoms with Gasteiger partial charge in [-0.3, -0.25) is 14.5 Å². The van der Waals surface area contributed by atoms with Crippen LogP contribution in [-0.2, 0) is 32.1 Å². The van der Waals surface area contributed by atoms with E-state index in [2.05, 4.69) is 5.32 Å². The Morgan fingerprint density at radius 1 is 0.935 bits per heavy atom. The predicted molar refractivity (Wildman–Crippen MR) is 117 cm³/mol. The molecule has 0 unspecified atom stereocenters. The molecule has 0 aliphatic rings. The number of nitrogens with zero attached hydrogens (tertiary/aromatic N) is 1. The number of amides is 2. The van der Waals surface area contributed by atoms with E-state index < -0.39 is 29.6 Å². The molecule has 0 aromatic heterocycles. The minimum absolute atomic E-state index is 0.0988. The molecule has 166 valence electrons. The van der Waals surface area contributed by atoms with Gasteiger partial charge < -0.3 is 14.8 Å². The molecule has 1 atom stereocenters. The summed E-state index contributed by atoms with van der Waals surface area (Å²) in [5.41, 5.74) is 1.07. The number of nitrogens with one attached hydrogen (secondary N) is 1. The number of rotatable bonds is 8. The summed E-state index contributed by atoms with van der Waals surface area (Å²) in [6.45, 7) is 5.07. The maximum absolute atomic E-state index is 12.9. The van der Waals surface area contributed by atoms with Gasteiger partial charge in [-0.1, -0.05) is 60.7 Å². The molecule has 0 radical (unpaired) electrons. The van der Waals surface area contributed by atoms with Crippen molar-refractivity contribution in [3.8, 4) is 0 Å². The van der Waals surface area contributed by atoms with Crippen LogP contribution in [0.2, 0.25) is 0 Å². The Balaban J connectivity index is 2.04. The second-order valence-electron chi connectivity index (χ2n) is 8.16. The molecular formula is C24H30N2O5. The molecule has 7 nitrogen and oxygen atoms in total. The van der Waals surface area contributed by atoms with E-state index in [0.717, 1.165) is 11.1 Å². The minimum atomic E-state index is -0.854. The first-order valence-corrected chi connectivity index (χ1v) is 10.1. The van der Waals surface area contributed by atoms with E-state index in [1.165, 1.54) is 11.9 Å². The monoisotopic (exact) mass is 426 g/mol. The second-order valence-corrected chi connectivity index (χ2v) is 8.16. The Hall–Kier alpha value is -3.35. The molecule has 0 bridgehead atoms. The first-order chi connectivity index (χ1) is 14.7. The van der Waals surface area contributed by atoms with Gasteiger partial charge in [-0.2, -0.15) is 0 Å². The highest BCUT2D eigenvalue weighted by molar-refractivity contribution is 5.88. The minimum Gasteiger partial charge on any atom is -0.459 e. The van der Waals surface area contributed by atoms with E-state index in [1.54, 1.807) is 20.8 Å². The molecule has 2 rings (SSSR count). The Kier molecular flexibility index (Phi) is 8.61. The van der Waals surface area contributed by atoms with Crippen molar-refractivity contribution in [3.63, 3.8) is 0 Å². The van der Waals surface area contributed by atoms with E-state index in [1.807, 2.05) is 60.7 Å². The van der Waals surface area contributed by atoms with Gasteiger partial charge in [0.2, 0.25) is 5.91 Å². The van der Waals surface area contributed by atoms with Crippen molar-refractivity contribution in [3.05, 3.63) is 71.8 Å². The molecule has 1 N–H and O–H groups in total. The summed E-state index contributed by atoms with van der Waals surface area (Å²) in [6.07, 6.45) is -0.352. The molecule has 2 aromatic carbocycles. The van der Waals surface area contributed by atoms with Crippen molar-refractivity contribution in [2.45, 2.75) is 45.4 Å². The highest BCUT2D eigenvalue weighted by atomic mass is 16.6. The van der Waals surface area contributed by atoms with Crippen LogP contribution in [0.4, 0.5) is 4.79 Å². The molecule has 0 heterocycles. The third-order valence-corrected chi connectivity index (χ3v) is 4.36. The Bertz CT molecular complexity index is 863. The van der Waals surface area contributed by atoms with Crippen LogP contribution in [-0.4, -0.2) is 48.1 Å². The fourth-order valence-electron chi connectivity index (χ4n) is 2.85. The third-order valence-electron chi connectivity index (χ3n) is 4.36. The zero-order valence-corrected chi connectivity index (χ0v) is 18.5. The van der Waals surface area contributed by atoms with Crippen molar-refractivity contribution in [2.24, 2.45) is 0 Å².